The summed E-state index contributed by atoms with van der Waals surface area (Å²) < 4.78 is 13.9. The predicted molar refractivity (Wildman–Crippen MR) is 81.7 cm³/mol. The van der Waals surface area contributed by atoms with Gasteiger partial charge in [0.2, 0.25) is 0 Å². The van der Waals surface area contributed by atoms with Crippen LogP contribution in [0, 0.1) is 5.82 Å². The molecule has 1 N–H and O–H groups in total. The second-order valence-electron chi connectivity index (χ2n) is 4.96. The average Bonchev–Trinajstić information content (AvgIpc) is 2.39. The van der Waals surface area contributed by atoms with Crippen molar-refractivity contribution in [2.45, 2.75) is 18.5 Å². The normalized spacial score (nSPS) is 22.4. The summed E-state index contributed by atoms with van der Waals surface area (Å²) >= 11 is 7.76. The summed E-state index contributed by atoms with van der Waals surface area (Å²) in [6.45, 7) is 1.09. The molecule has 2 rings (SSSR count). The molecular formula is C14H20ClFN2S. The first-order chi connectivity index (χ1) is 9.11. The summed E-state index contributed by atoms with van der Waals surface area (Å²) in [6, 6.07) is 5.64. The Balaban J connectivity index is 2.09. The van der Waals surface area contributed by atoms with E-state index in [1.807, 2.05) is 18.8 Å². The molecule has 2 nitrogen and oxygen atoms in total. The molecule has 19 heavy (non-hydrogen) atoms. The highest BCUT2D eigenvalue weighted by Crippen LogP contribution is 2.21. The lowest BCUT2D eigenvalue weighted by Crippen LogP contribution is -2.52. The van der Waals surface area contributed by atoms with Crippen molar-refractivity contribution in [2.24, 2.45) is 0 Å². The van der Waals surface area contributed by atoms with Crippen LogP contribution in [-0.4, -0.2) is 49.1 Å². The first kappa shape index (κ1) is 15.1. The van der Waals surface area contributed by atoms with Crippen molar-refractivity contribution in [3.8, 4) is 0 Å². The predicted octanol–water partition coefficient (Wildman–Crippen LogP) is 2.66. The molecule has 0 spiro atoms. The van der Waals surface area contributed by atoms with Gasteiger partial charge in [-0.1, -0.05) is 17.7 Å². The third-order valence-electron chi connectivity index (χ3n) is 3.73. The maximum atomic E-state index is 13.9. The lowest BCUT2D eigenvalue weighted by Gasteiger charge is -2.37. The highest BCUT2D eigenvalue weighted by Gasteiger charge is 2.27. The molecule has 0 bridgehead atoms. The van der Waals surface area contributed by atoms with Crippen molar-refractivity contribution in [1.29, 1.82) is 0 Å². The minimum atomic E-state index is -0.209. The number of nitrogens with one attached hydrogen (secondary N) is 1. The van der Waals surface area contributed by atoms with Gasteiger partial charge in [-0.25, -0.2) is 4.39 Å². The Kier molecular flexibility index (Phi) is 5.51. The van der Waals surface area contributed by atoms with Gasteiger partial charge in [-0.15, -0.1) is 0 Å². The molecule has 106 valence electrons. The molecule has 1 aromatic rings. The molecule has 1 aromatic carbocycles. The Morgan fingerprint density at radius 2 is 2.37 bits per heavy atom. The Morgan fingerprint density at radius 3 is 3.00 bits per heavy atom. The molecule has 0 radical (unpaired) electrons. The van der Waals surface area contributed by atoms with Crippen LogP contribution in [0.25, 0.3) is 0 Å². The van der Waals surface area contributed by atoms with Gasteiger partial charge in [0.15, 0.2) is 0 Å². The first-order valence-corrected chi connectivity index (χ1v) is 8.04. The fourth-order valence-corrected chi connectivity index (χ4v) is 3.95. The zero-order chi connectivity index (χ0) is 13.8. The standard InChI is InChI=1S/C14H20ClFN2S/c1-17-13(14-9-19-6-5-18(14)2)7-10-3-4-11(15)8-12(10)16/h3-4,8,13-14,17H,5-7,9H2,1-2H3. The molecule has 5 heteroatoms. The fraction of sp³-hybridized carbons (Fsp3) is 0.571. The van der Waals surface area contributed by atoms with Gasteiger partial charge >= 0.3 is 0 Å². The van der Waals surface area contributed by atoms with Crippen molar-refractivity contribution in [2.75, 3.05) is 32.1 Å². The summed E-state index contributed by atoms with van der Waals surface area (Å²) in [5.41, 5.74) is 0.729. The topological polar surface area (TPSA) is 15.3 Å². The van der Waals surface area contributed by atoms with E-state index in [0.717, 1.165) is 17.9 Å². The summed E-state index contributed by atoms with van der Waals surface area (Å²) in [5, 5.41) is 3.79. The number of hydrogen-bond acceptors (Lipinski definition) is 3. The lowest BCUT2D eigenvalue weighted by atomic mass is 9.99. The molecule has 0 saturated carbocycles. The molecular weight excluding hydrogens is 283 g/mol. The number of nitrogens with zero attached hydrogens (tertiary/aromatic N) is 1. The molecule has 1 fully saturated rings. The molecule has 1 heterocycles. The van der Waals surface area contributed by atoms with Crippen molar-refractivity contribution >= 4 is 23.4 Å². The number of likely N-dealkylation sites (N-methyl/N-ethyl adjacent to an activating group) is 2. The highest BCUT2D eigenvalue weighted by molar-refractivity contribution is 7.99. The zero-order valence-corrected chi connectivity index (χ0v) is 12.9. The molecule has 0 amide bonds. The number of halogens is 2. The van der Waals surface area contributed by atoms with E-state index >= 15 is 0 Å². The number of hydrogen-bond donors (Lipinski definition) is 1. The lowest BCUT2D eigenvalue weighted by molar-refractivity contribution is 0.218. The van der Waals surface area contributed by atoms with E-state index in [-0.39, 0.29) is 11.9 Å². The molecule has 2 unspecified atom stereocenters. The largest absolute Gasteiger partial charge is 0.315 e. The van der Waals surface area contributed by atoms with E-state index in [4.69, 9.17) is 11.6 Å². The highest BCUT2D eigenvalue weighted by atomic mass is 35.5. The fourth-order valence-electron chi connectivity index (χ4n) is 2.48. The van der Waals surface area contributed by atoms with Gasteiger partial charge in [-0.3, -0.25) is 0 Å². The van der Waals surface area contributed by atoms with Gasteiger partial charge in [0.25, 0.3) is 0 Å². The third-order valence-corrected chi connectivity index (χ3v) is 5.02. The third kappa shape index (κ3) is 3.85. The van der Waals surface area contributed by atoms with Gasteiger partial charge in [-0.05, 0) is 38.2 Å². The van der Waals surface area contributed by atoms with Crippen LogP contribution >= 0.6 is 23.4 Å². The summed E-state index contributed by atoms with van der Waals surface area (Å²) in [5.74, 6) is 2.06. The van der Waals surface area contributed by atoms with Crippen LogP contribution in [0.15, 0.2) is 18.2 Å². The number of rotatable bonds is 4. The van der Waals surface area contributed by atoms with Crippen LogP contribution < -0.4 is 5.32 Å². The maximum absolute atomic E-state index is 13.9. The molecule has 1 saturated heterocycles. The van der Waals surface area contributed by atoms with Crippen molar-refractivity contribution in [3.05, 3.63) is 34.6 Å². The Labute approximate surface area is 123 Å². The van der Waals surface area contributed by atoms with Crippen LogP contribution in [-0.2, 0) is 6.42 Å². The van der Waals surface area contributed by atoms with E-state index in [9.17, 15) is 4.39 Å². The van der Waals surface area contributed by atoms with E-state index < -0.39 is 0 Å². The van der Waals surface area contributed by atoms with Gasteiger partial charge in [0.1, 0.15) is 5.82 Å². The van der Waals surface area contributed by atoms with E-state index in [2.05, 4.69) is 17.3 Å². The SMILES string of the molecule is CNC(Cc1ccc(Cl)cc1F)C1CSCCN1C. The zero-order valence-electron chi connectivity index (χ0n) is 11.3. The second kappa shape index (κ2) is 6.93. The van der Waals surface area contributed by atoms with Crippen LogP contribution in [0.5, 0.6) is 0 Å². The molecule has 2 atom stereocenters. The number of benzene rings is 1. The Hall–Kier alpha value is -0.290. The maximum Gasteiger partial charge on any atom is 0.127 e. The summed E-state index contributed by atoms with van der Waals surface area (Å²) in [4.78, 5) is 2.37. The molecule has 1 aliphatic heterocycles. The molecule has 1 aliphatic rings. The minimum absolute atomic E-state index is 0.209. The Bertz CT molecular complexity index is 430. The molecule has 0 aromatic heterocycles. The second-order valence-corrected chi connectivity index (χ2v) is 6.54. The van der Waals surface area contributed by atoms with E-state index in [0.29, 0.717) is 17.5 Å². The van der Waals surface area contributed by atoms with Gasteiger partial charge in [0.05, 0.1) is 0 Å². The van der Waals surface area contributed by atoms with Crippen LogP contribution in [0.1, 0.15) is 5.56 Å². The average molecular weight is 303 g/mol. The first-order valence-electron chi connectivity index (χ1n) is 6.51. The number of thioether (sulfide) groups is 1. The van der Waals surface area contributed by atoms with Gasteiger partial charge < -0.3 is 10.2 Å². The van der Waals surface area contributed by atoms with Gasteiger partial charge in [-0.2, -0.15) is 11.8 Å². The van der Waals surface area contributed by atoms with Gasteiger partial charge in [0, 0.05) is 35.2 Å². The quantitative estimate of drug-likeness (QED) is 0.920. The van der Waals surface area contributed by atoms with Crippen LogP contribution in [0.3, 0.4) is 0 Å². The van der Waals surface area contributed by atoms with Crippen molar-refractivity contribution in [1.82, 2.24) is 10.2 Å². The minimum Gasteiger partial charge on any atom is -0.315 e. The van der Waals surface area contributed by atoms with E-state index in [1.54, 1.807) is 12.1 Å². The molecule has 0 aliphatic carbocycles. The van der Waals surface area contributed by atoms with Crippen LogP contribution in [0.4, 0.5) is 4.39 Å². The summed E-state index contributed by atoms with van der Waals surface area (Å²) in [7, 11) is 4.10. The smallest absolute Gasteiger partial charge is 0.127 e. The van der Waals surface area contributed by atoms with E-state index in [1.165, 1.54) is 11.8 Å². The monoisotopic (exact) mass is 302 g/mol. The van der Waals surface area contributed by atoms with Crippen molar-refractivity contribution < 1.29 is 4.39 Å². The van der Waals surface area contributed by atoms with Crippen molar-refractivity contribution in [3.63, 3.8) is 0 Å². The summed E-state index contributed by atoms with van der Waals surface area (Å²) in [6.07, 6.45) is 0.690. The van der Waals surface area contributed by atoms with Crippen LogP contribution in [0.2, 0.25) is 5.02 Å². The Morgan fingerprint density at radius 1 is 1.58 bits per heavy atom.